The molecule has 2 heterocycles. The molecular formula is C11H16N4OS. The van der Waals surface area contributed by atoms with Gasteiger partial charge in [-0.2, -0.15) is 4.98 Å². The topological polar surface area (TPSA) is 59.3 Å². The third kappa shape index (κ3) is 2.17. The molecule has 0 unspecified atom stereocenters. The SMILES string of the molecule is Cc1sc2nc(NC(=O)C(C)(C)C)nn2c1C. The zero-order chi connectivity index (χ0) is 12.8. The molecule has 6 heteroatoms. The van der Waals surface area contributed by atoms with Gasteiger partial charge in [0, 0.05) is 10.3 Å². The summed E-state index contributed by atoms with van der Waals surface area (Å²) >= 11 is 1.57. The van der Waals surface area contributed by atoms with E-state index in [1.165, 1.54) is 4.88 Å². The quantitative estimate of drug-likeness (QED) is 0.847. The highest BCUT2D eigenvalue weighted by molar-refractivity contribution is 7.17. The van der Waals surface area contributed by atoms with Crippen molar-refractivity contribution in [3.8, 4) is 0 Å². The smallest absolute Gasteiger partial charge is 0.250 e. The molecule has 2 aromatic heterocycles. The molecule has 0 aromatic carbocycles. The number of thiazole rings is 1. The summed E-state index contributed by atoms with van der Waals surface area (Å²) in [6, 6.07) is 0. The predicted octanol–water partition coefficient (Wildman–Crippen LogP) is 2.39. The minimum Gasteiger partial charge on any atom is -0.293 e. The monoisotopic (exact) mass is 252 g/mol. The van der Waals surface area contributed by atoms with E-state index in [-0.39, 0.29) is 5.91 Å². The van der Waals surface area contributed by atoms with Gasteiger partial charge in [0.05, 0.1) is 5.69 Å². The number of carbonyl (C=O) groups excluding carboxylic acids is 1. The van der Waals surface area contributed by atoms with Crippen LogP contribution in [0.5, 0.6) is 0 Å². The van der Waals surface area contributed by atoms with E-state index in [1.54, 1.807) is 15.9 Å². The van der Waals surface area contributed by atoms with Gasteiger partial charge in [-0.05, 0) is 13.8 Å². The Bertz CT molecular complexity index is 576. The van der Waals surface area contributed by atoms with E-state index < -0.39 is 5.41 Å². The Morgan fingerprint density at radius 1 is 1.35 bits per heavy atom. The fraction of sp³-hybridized carbons (Fsp3) is 0.545. The van der Waals surface area contributed by atoms with Crippen molar-refractivity contribution in [3.05, 3.63) is 10.6 Å². The van der Waals surface area contributed by atoms with Crippen molar-refractivity contribution in [3.63, 3.8) is 0 Å². The number of nitrogens with zero attached hydrogens (tertiary/aromatic N) is 3. The van der Waals surface area contributed by atoms with E-state index in [4.69, 9.17) is 0 Å². The Labute approximate surface area is 104 Å². The van der Waals surface area contributed by atoms with Crippen molar-refractivity contribution < 1.29 is 4.79 Å². The van der Waals surface area contributed by atoms with Crippen molar-refractivity contribution >= 4 is 28.2 Å². The van der Waals surface area contributed by atoms with Crippen molar-refractivity contribution in [2.24, 2.45) is 5.41 Å². The van der Waals surface area contributed by atoms with Gasteiger partial charge >= 0.3 is 0 Å². The molecule has 2 rings (SSSR count). The second kappa shape index (κ2) is 3.80. The largest absolute Gasteiger partial charge is 0.293 e. The zero-order valence-electron chi connectivity index (χ0n) is 10.7. The van der Waals surface area contributed by atoms with Gasteiger partial charge in [0.2, 0.25) is 16.8 Å². The highest BCUT2D eigenvalue weighted by atomic mass is 32.1. The van der Waals surface area contributed by atoms with Crippen LogP contribution in [0.2, 0.25) is 0 Å². The summed E-state index contributed by atoms with van der Waals surface area (Å²) in [5.41, 5.74) is 0.623. The first-order chi connectivity index (χ1) is 7.79. The Kier molecular flexibility index (Phi) is 2.69. The van der Waals surface area contributed by atoms with Gasteiger partial charge in [-0.15, -0.1) is 5.10 Å². The van der Waals surface area contributed by atoms with Gasteiger partial charge in [-0.3, -0.25) is 10.1 Å². The Hall–Kier alpha value is -1.43. The third-order valence-electron chi connectivity index (χ3n) is 2.56. The molecule has 2 aromatic rings. The maximum atomic E-state index is 11.8. The van der Waals surface area contributed by atoms with Crippen LogP contribution in [0.3, 0.4) is 0 Å². The number of fused-ring (bicyclic) bond motifs is 1. The molecule has 0 spiro atoms. The number of hydrogen-bond donors (Lipinski definition) is 1. The van der Waals surface area contributed by atoms with Crippen LogP contribution in [0.1, 0.15) is 31.3 Å². The molecule has 1 amide bonds. The molecule has 0 fully saturated rings. The number of aryl methyl sites for hydroxylation is 2. The first-order valence-corrected chi connectivity index (χ1v) is 6.25. The van der Waals surface area contributed by atoms with Gasteiger partial charge < -0.3 is 0 Å². The van der Waals surface area contributed by atoms with E-state index >= 15 is 0 Å². The normalized spacial score (nSPS) is 12.1. The first-order valence-electron chi connectivity index (χ1n) is 5.43. The maximum absolute atomic E-state index is 11.8. The standard InChI is InChI=1S/C11H16N4OS/c1-6-7(2)17-10-13-9(14-15(6)10)12-8(16)11(3,4)5/h1-5H3,(H,12,14,16). The van der Waals surface area contributed by atoms with Crippen molar-refractivity contribution in [2.75, 3.05) is 5.32 Å². The van der Waals surface area contributed by atoms with Crippen molar-refractivity contribution in [1.82, 2.24) is 14.6 Å². The van der Waals surface area contributed by atoms with Crippen molar-refractivity contribution in [2.45, 2.75) is 34.6 Å². The number of hydrogen-bond acceptors (Lipinski definition) is 4. The average molecular weight is 252 g/mol. The lowest BCUT2D eigenvalue weighted by Crippen LogP contribution is -2.28. The number of anilines is 1. The van der Waals surface area contributed by atoms with E-state index in [0.29, 0.717) is 5.95 Å². The second-order valence-corrected chi connectivity index (χ2v) is 6.26. The molecule has 0 radical (unpaired) electrons. The van der Waals surface area contributed by atoms with Crippen LogP contribution < -0.4 is 5.32 Å². The molecule has 0 bridgehead atoms. The highest BCUT2D eigenvalue weighted by Crippen LogP contribution is 2.22. The van der Waals surface area contributed by atoms with Crippen LogP contribution in [-0.4, -0.2) is 20.5 Å². The lowest BCUT2D eigenvalue weighted by Gasteiger charge is -2.15. The summed E-state index contributed by atoms with van der Waals surface area (Å²) in [6.07, 6.45) is 0. The molecule has 0 saturated heterocycles. The summed E-state index contributed by atoms with van der Waals surface area (Å²) < 4.78 is 1.76. The fourth-order valence-electron chi connectivity index (χ4n) is 1.28. The number of amides is 1. The average Bonchev–Trinajstić information content (AvgIpc) is 2.67. The summed E-state index contributed by atoms with van der Waals surface area (Å²) in [6.45, 7) is 9.59. The first kappa shape index (κ1) is 12.0. The van der Waals surface area contributed by atoms with Crippen molar-refractivity contribution in [1.29, 1.82) is 0 Å². The molecule has 0 saturated carbocycles. The Morgan fingerprint density at radius 2 is 2.00 bits per heavy atom. The molecule has 0 aliphatic rings. The minimum absolute atomic E-state index is 0.0786. The zero-order valence-corrected chi connectivity index (χ0v) is 11.5. The molecule has 1 N–H and O–H groups in total. The molecule has 92 valence electrons. The molecule has 0 aliphatic heterocycles. The van der Waals surface area contributed by atoms with Crippen LogP contribution in [0.4, 0.5) is 5.95 Å². The van der Waals surface area contributed by atoms with Gasteiger partial charge in [-0.25, -0.2) is 4.52 Å². The summed E-state index contributed by atoms with van der Waals surface area (Å²) in [5.74, 6) is 0.296. The number of aromatic nitrogens is 3. The maximum Gasteiger partial charge on any atom is 0.250 e. The molecule has 5 nitrogen and oxygen atoms in total. The minimum atomic E-state index is -0.441. The lowest BCUT2D eigenvalue weighted by molar-refractivity contribution is -0.123. The van der Waals surface area contributed by atoms with Gasteiger partial charge in [0.25, 0.3) is 0 Å². The van der Waals surface area contributed by atoms with Crippen LogP contribution in [0.15, 0.2) is 0 Å². The summed E-state index contributed by atoms with van der Waals surface area (Å²) in [7, 11) is 0. The number of nitrogens with one attached hydrogen (secondary N) is 1. The Morgan fingerprint density at radius 3 is 2.53 bits per heavy atom. The predicted molar refractivity (Wildman–Crippen MR) is 68.4 cm³/mol. The molecule has 0 aliphatic carbocycles. The van der Waals surface area contributed by atoms with Gasteiger partial charge in [0.15, 0.2) is 0 Å². The van der Waals surface area contributed by atoms with E-state index in [2.05, 4.69) is 15.4 Å². The Balaban J connectivity index is 2.30. The van der Waals surface area contributed by atoms with E-state index in [9.17, 15) is 4.79 Å². The molecule has 0 atom stereocenters. The van der Waals surface area contributed by atoms with E-state index in [0.717, 1.165) is 10.7 Å². The fourth-order valence-corrected chi connectivity index (χ4v) is 2.19. The van der Waals surface area contributed by atoms with Gasteiger partial charge in [0.1, 0.15) is 0 Å². The second-order valence-electron chi connectivity index (χ2n) is 5.08. The molecule has 17 heavy (non-hydrogen) atoms. The summed E-state index contributed by atoms with van der Waals surface area (Å²) in [5, 5.41) is 7.00. The van der Waals surface area contributed by atoms with E-state index in [1.807, 2.05) is 34.6 Å². The number of carbonyl (C=O) groups is 1. The van der Waals surface area contributed by atoms with Crippen LogP contribution in [0, 0.1) is 19.3 Å². The molecular weight excluding hydrogens is 236 g/mol. The third-order valence-corrected chi connectivity index (χ3v) is 3.60. The van der Waals surface area contributed by atoms with Crippen LogP contribution >= 0.6 is 11.3 Å². The van der Waals surface area contributed by atoms with Crippen LogP contribution in [-0.2, 0) is 4.79 Å². The highest BCUT2D eigenvalue weighted by Gasteiger charge is 2.23. The van der Waals surface area contributed by atoms with Gasteiger partial charge in [-0.1, -0.05) is 32.1 Å². The lowest BCUT2D eigenvalue weighted by atomic mass is 9.96. The van der Waals surface area contributed by atoms with Crippen LogP contribution in [0.25, 0.3) is 4.96 Å². The summed E-state index contributed by atoms with van der Waals surface area (Å²) in [4.78, 5) is 18.1. The number of rotatable bonds is 1.